The maximum Gasteiger partial charge on any atom is 0.236 e. The summed E-state index contributed by atoms with van der Waals surface area (Å²) in [6.07, 6.45) is 0. The quantitative estimate of drug-likeness (QED) is 0.781. The molecule has 2 N–H and O–H groups in total. The first-order valence-corrected chi connectivity index (χ1v) is 5.92. The largest absolute Gasteiger partial charge is 0.372 e. The summed E-state index contributed by atoms with van der Waals surface area (Å²) in [5.74, 6) is 0.0163. The van der Waals surface area contributed by atoms with E-state index in [1.165, 1.54) is 11.3 Å². The molecule has 0 bridgehead atoms. The van der Waals surface area contributed by atoms with Crippen LogP contribution in [0.3, 0.4) is 0 Å². The zero-order valence-corrected chi connectivity index (χ0v) is 10.4. The second-order valence-electron chi connectivity index (χ2n) is 4.58. The molecule has 2 rings (SSSR count). The lowest BCUT2D eigenvalue weighted by atomic mass is 10.1. The number of hydrogen-bond acceptors (Lipinski definition) is 3. The van der Waals surface area contributed by atoms with E-state index in [0.29, 0.717) is 6.54 Å². The maximum atomic E-state index is 11.8. The Labute approximate surface area is 102 Å². The fourth-order valence-electron chi connectivity index (χ4n) is 2.40. The first-order chi connectivity index (χ1) is 8.13. The summed E-state index contributed by atoms with van der Waals surface area (Å²) in [5.41, 5.74) is 7.85. The lowest BCUT2D eigenvalue weighted by molar-refractivity contribution is -0.132. The number of amides is 1. The van der Waals surface area contributed by atoms with Gasteiger partial charge in [0.15, 0.2) is 0 Å². The Morgan fingerprint density at radius 2 is 2.18 bits per heavy atom. The molecule has 0 aliphatic carbocycles. The van der Waals surface area contributed by atoms with Crippen LogP contribution < -0.4 is 10.6 Å². The molecule has 1 unspecified atom stereocenters. The van der Waals surface area contributed by atoms with Gasteiger partial charge >= 0.3 is 0 Å². The third kappa shape index (κ3) is 2.26. The van der Waals surface area contributed by atoms with Gasteiger partial charge in [-0.05, 0) is 18.6 Å². The van der Waals surface area contributed by atoms with Crippen LogP contribution >= 0.6 is 0 Å². The smallest absolute Gasteiger partial charge is 0.236 e. The lowest BCUT2D eigenvalue weighted by Gasteiger charge is -2.28. The summed E-state index contributed by atoms with van der Waals surface area (Å²) in [7, 11) is 2.06. The van der Waals surface area contributed by atoms with Crippen molar-refractivity contribution in [2.75, 3.05) is 25.0 Å². The third-order valence-electron chi connectivity index (χ3n) is 3.31. The van der Waals surface area contributed by atoms with Crippen LogP contribution in [0.15, 0.2) is 24.3 Å². The minimum atomic E-state index is 0.0163. The first-order valence-electron chi connectivity index (χ1n) is 5.92. The highest BCUT2D eigenvalue weighted by Crippen LogP contribution is 2.25. The lowest BCUT2D eigenvalue weighted by Crippen LogP contribution is -2.44. The van der Waals surface area contributed by atoms with Crippen molar-refractivity contribution in [1.29, 1.82) is 0 Å². The second kappa shape index (κ2) is 4.75. The molecule has 0 spiro atoms. The Kier molecular flexibility index (Phi) is 3.33. The predicted octanol–water partition coefficient (Wildman–Crippen LogP) is 0.812. The van der Waals surface area contributed by atoms with E-state index in [1.54, 1.807) is 0 Å². The Morgan fingerprint density at radius 3 is 2.88 bits per heavy atom. The molecule has 1 heterocycles. The zero-order chi connectivity index (χ0) is 12.4. The molecule has 92 valence electrons. The van der Waals surface area contributed by atoms with Crippen LogP contribution in [-0.4, -0.2) is 37.0 Å². The molecule has 4 heteroatoms. The number of likely N-dealkylation sites (N-methyl/N-ethyl adjacent to an activating group) is 1. The zero-order valence-electron chi connectivity index (χ0n) is 10.4. The van der Waals surface area contributed by atoms with Crippen LogP contribution in [0.4, 0.5) is 5.69 Å². The number of fused-ring (bicyclic) bond motifs is 1. The summed E-state index contributed by atoms with van der Waals surface area (Å²) in [5, 5.41) is 0. The van der Waals surface area contributed by atoms with Gasteiger partial charge < -0.3 is 15.5 Å². The van der Waals surface area contributed by atoms with Gasteiger partial charge in [0.05, 0.1) is 6.54 Å². The number of rotatable bonds is 1. The Bertz CT molecular complexity index is 419. The van der Waals surface area contributed by atoms with Crippen molar-refractivity contribution in [3.05, 3.63) is 29.8 Å². The molecule has 0 saturated carbocycles. The molecule has 1 aliphatic heterocycles. The topological polar surface area (TPSA) is 49.6 Å². The highest BCUT2D eigenvalue weighted by atomic mass is 16.2. The molecule has 0 aromatic heterocycles. The number of anilines is 1. The van der Waals surface area contributed by atoms with Crippen LogP contribution in [0.2, 0.25) is 0 Å². The summed E-state index contributed by atoms with van der Waals surface area (Å²) in [6, 6.07) is 8.39. The normalized spacial score (nSPS) is 19.8. The maximum absolute atomic E-state index is 11.8. The van der Waals surface area contributed by atoms with Crippen molar-refractivity contribution in [2.24, 2.45) is 5.73 Å². The molecule has 1 amide bonds. The average molecular weight is 233 g/mol. The SMILES string of the molecule is CC1CN(C)c2ccccc2CN1C(=O)CN. The Hall–Kier alpha value is -1.55. The van der Waals surface area contributed by atoms with Gasteiger partial charge in [-0.25, -0.2) is 0 Å². The van der Waals surface area contributed by atoms with Gasteiger partial charge in [0.25, 0.3) is 0 Å². The molecular formula is C13H19N3O. The van der Waals surface area contributed by atoms with Crippen molar-refractivity contribution in [3.8, 4) is 0 Å². The van der Waals surface area contributed by atoms with Crippen molar-refractivity contribution in [2.45, 2.75) is 19.5 Å². The van der Waals surface area contributed by atoms with Crippen LogP contribution in [0, 0.1) is 0 Å². The van der Waals surface area contributed by atoms with Crippen molar-refractivity contribution in [1.82, 2.24) is 4.90 Å². The standard InChI is InChI=1S/C13H19N3O/c1-10-8-15(2)12-6-4-3-5-11(12)9-16(10)13(17)7-14/h3-6,10H,7-9,14H2,1-2H3. The molecule has 4 nitrogen and oxygen atoms in total. The summed E-state index contributed by atoms with van der Waals surface area (Å²) < 4.78 is 0. The number of benzene rings is 1. The molecule has 0 radical (unpaired) electrons. The molecule has 0 saturated heterocycles. The van der Waals surface area contributed by atoms with Gasteiger partial charge in [0.2, 0.25) is 5.91 Å². The van der Waals surface area contributed by atoms with Crippen molar-refractivity contribution >= 4 is 11.6 Å². The molecule has 1 aliphatic rings. The first kappa shape index (κ1) is 11.9. The Balaban J connectivity index is 2.35. The molecule has 1 atom stereocenters. The van der Waals surface area contributed by atoms with E-state index >= 15 is 0 Å². The van der Waals surface area contributed by atoms with Gasteiger partial charge in [-0.1, -0.05) is 18.2 Å². The van der Waals surface area contributed by atoms with E-state index in [4.69, 9.17) is 5.73 Å². The van der Waals surface area contributed by atoms with Crippen LogP contribution in [-0.2, 0) is 11.3 Å². The Morgan fingerprint density at radius 1 is 1.47 bits per heavy atom. The van der Waals surface area contributed by atoms with Crippen molar-refractivity contribution in [3.63, 3.8) is 0 Å². The third-order valence-corrected chi connectivity index (χ3v) is 3.31. The number of nitrogens with two attached hydrogens (primary N) is 1. The van der Waals surface area contributed by atoms with E-state index < -0.39 is 0 Å². The monoisotopic (exact) mass is 233 g/mol. The van der Waals surface area contributed by atoms with Gasteiger partial charge in [0, 0.05) is 31.9 Å². The minimum Gasteiger partial charge on any atom is -0.372 e. The highest BCUT2D eigenvalue weighted by Gasteiger charge is 2.25. The van der Waals surface area contributed by atoms with Gasteiger partial charge in [-0.2, -0.15) is 0 Å². The minimum absolute atomic E-state index is 0.0163. The fourth-order valence-corrected chi connectivity index (χ4v) is 2.40. The number of carbonyl (C=O) groups is 1. The predicted molar refractivity (Wildman–Crippen MR) is 68.8 cm³/mol. The average Bonchev–Trinajstić information content (AvgIpc) is 2.46. The number of nitrogens with zero attached hydrogens (tertiary/aromatic N) is 2. The fraction of sp³-hybridized carbons (Fsp3) is 0.462. The van der Waals surface area contributed by atoms with E-state index in [1.807, 2.05) is 17.0 Å². The van der Waals surface area contributed by atoms with E-state index in [9.17, 15) is 4.79 Å². The van der Waals surface area contributed by atoms with E-state index in [2.05, 4.69) is 31.0 Å². The van der Waals surface area contributed by atoms with E-state index in [-0.39, 0.29) is 18.5 Å². The summed E-state index contributed by atoms with van der Waals surface area (Å²) in [6.45, 7) is 3.63. The summed E-state index contributed by atoms with van der Waals surface area (Å²) in [4.78, 5) is 15.9. The van der Waals surface area contributed by atoms with E-state index in [0.717, 1.165) is 6.54 Å². The number of carbonyl (C=O) groups excluding carboxylic acids is 1. The van der Waals surface area contributed by atoms with Crippen LogP contribution in [0.5, 0.6) is 0 Å². The van der Waals surface area contributed by atoms with Gasteiger partial charge in [-0.15, -0.1) is 0 Å². The number of para-hydroxylation sites is 1. The molecule has 1 aromatic carbocycles. The second-order valence-corrected chi connectivity index (χ2v) is 4.58. The van der Waals surface area contributed by atoms with Crippen LogP contribution in [0.25, 0.3) is 0 Å². The molecule has 0 fully saturated rings. The molecular weight excluding hydrogens is 214 g/mol. The molecule has 17 heavy (non-hydrogen) atoms. The van der Waals surface area contributed by atoms with Gasteiger partial charge in [0.1, 0.15) is 0 Å². The molecule has 1 aromatic rings. The van der Waals surface area contributed by atoms with Crippen molar-refractivity contribution < 1.29 is 4.79 Å². The highest BCUT2D eigenvalue weighted by molar-refractivity contribution is 5.79. The van der Waals surface area contributed by atoms with Gasteiger partial charge in [-0.3, -0.25) is 4.79 Å². The van der Waals surface area contributed by atoms with Crippen LogP contribution in [0.1, 0.15) is 12.5 Å². The number of hydrogen-bond donors (Lipinski definition) is 1. The summed E-state index contributed by atoms with van der Waals surface area (Å²) >= 11 is 0.